The summed E-state index contributed by atoms with van der Waals surface area (Å²) in [7, 11) is 0. The van der Waals surface area contributed by atoms with Crippen LogP contribution in [0, 0.1) is 52.3 Å². The summed E-state index contributed by atoms with van der Waals surface area (Å²) in [6.45, 7) is 15.3. The van der Waals surface area contributed by atoms with Gasteiger partial charge in [-0.05, 0) is 104 Å². The Morgan fingerprint density at radius 1 is 0.964 bits per heavy atom. The third-order valence-electron chi connectivity index (χ3n) is 10.6. The molecule has 4 aliphatic rings. The maximum atomic E-state index is 2.75. The van der Waals surface area contributed by atoms with Crippen molar-refractivity contribution >= 4 is 0 Å². The third-order valence-corrected chi connectivity index (χ3v) is 10.6. The van der Waals surface area contributed by atoms with Crippen LogP contribution in [0.3, 0.4) is 0 Å². The van der Waals surface area contributed by atoms with Gasteiger partial charge in [0.1, 0.15) is 0 Å². The fourth-order valence-electron chi connectivity index (χ4n) is 8.87. The summed E-state index contributed by atoms with van der Waals surface area (Å²) < 4.78 is 0. The molecular formula is C28H48. The van der Waals surface area contributed by atoms with Crippen LogP contribution in [-0.4, -0.2) is 0 Å². The van der Waals surface area contributed by atoms with Gasteiger partial charge in [-0.3, -0.25) is 0 Å². The van der Waals surface area contributed by atoms with Crippen LogP contribution < -0.4 is 0 Å². The first-order valence-electron chi connectivity index (χ1n) is 12.9. The van der Waals surface area contributed by atoms with E-state index in [1.165, 1.54) is 70.6 Å². The van der Waals surface area contributed by atoms with Gasteiger partial charge in [-0.1, -0.05) is 72.5 Å². The number of allylic oxidation sites excluding steroid dienone is 2. The molecule has 0 heteroatoms. The van der Waals surface area contributed by atoms with E-state index in [2.05, 4.69) is 47.6 Å². The molecule has 0 amide bonds. The van der Waals surface area contributed by atoms with Gasteiger partial charge >= 0.3 is 0 Å². The van der Waals surface area contributed by atoms with Gasteiger partial charge in [-0.2, -0.15) is 0 Å². The van der Waals surface area contributed by atoms with Gasteiger partial charge < -0.3 is 0 Å². The summed E-state index contributed by atoms with van der Waals surface area (Å²) in [4.78, 5) is 0. The Bertz CT molecular complexity index is 585. The van der Waals surface area contributed by atoms with E-state index in [9.17, 15) is 0 Å². The summed E-state index contributed by atoms with van der Waals surface area (Å²) in [6, 6.07) is 0. The minimum atomic E-state index is 0.553. The molecule has 28 heavy (non-hydrogen) atoms. The first kappa shape index (κ1) is 21.0. The highest BCUT2D eigenvalue weighted by molar-refractivity contribution is 5.25. The Morgan fingerprint density at radius 3 is 2.50 bits per heavy atom. The van der Waals surface area contributed by atoms with Crippen LogP contribution in [0.25, 0.3) is 0 Å². The SMILES string of the molecule is CC(C)CCC[C@@H](C)C1CCC2[C@@H]3CC=C4CC(C)CC[C@]4(C)C3CC[C@@]21C. The van der Waals surface area contributed by atoms with Gasteiger partial charge in [-0.15, -0.1) is 0 Å². The molecule has 3 saturated carbocycles. The smallest absolute Gasteiger partial charge is 0.00851 e. The topological polar surface area (TPSA) is 0 Å². The quantitative estimate of drug-likeness (QED) is 0.416. The van der Waals surface area contributed by atoms with Gasteiger partial charge in [-0.25, -0.2) is 0 Å². The van der Waals surface area contributed by atoms with Crippen molar-refractivity contribution in [3.05, 3.63) is 11.6 Å². The van der Waals surface area contributed by atoms with Gasteiger partial charge in [0, 0.05) is 0 Å². The van der Waals surface area contributed by atoms with E-state index in [1.54, 1.807) is 0 Å². The summed E-state index contributed by atoms with van der Waals surface area (Å²) in [5.41, 5.74) is 3.06. The van der Waals surface area contributed by atoms with E-state index in [4.69, 9.17) is 0 Å². The Balaban J connectivity index is 1.49. The van der Waals surface area contributed by atoms with Crippen molar-refractivity contribution in [3.63, 3.8) is 0 Å². The number of hydrogen-bond acceptors (Lipinski definition) is 0. The average Bonchev–Trinajstić information content (AvgIpc) is 2.99. The second-order valence-electron chi connectivity index (χ2n) is 12.6. The lowest BCUT2D eigenvalue weighted by Crippen LogP contribution is -2.50. The largest absolute Gasteiger partial charge is 0.0845 e. The molecule has 0 N–H and O–H groups in total. The van der Waals surface area contributed by atoms with E-state index in [0.29, 0.717) is 10.8 Å². The second-order valence-corrected chi connectivity index (χ2v) is 12.6. The Hall–Kier alpha value is -0.260. The molecule has 3 fully saturated rings. The fraction of sp³-hybridized carbons (Fsp3) is 0.929. The maximum absolute atomic E-state index is 2.75. The lowest BCUT2D eigenvalue weighted by Gasteiger charge is -2.58. The number of fused-ring (bicyclic) bond motifs is 5. The fourth-order valence-corrected chi connectivity index (χ4v) is 8.87. The van der Waals surface area contributed by atoms with Crippen LogP contribution in [0.1, 0.15) is 112 Å². The normalized spacial score (nSPS) is 46.5. The van der Waals surface area contributed by atoms with Crippen molar-refractivity contribution in [1.82, 2.24) is 0 Å². The molecule has 0 radical (unpaired) electrons. The monoisotopic (exact) mass is 384 g/mol. The predicted octanol–water partition coefficient (Wildman–Crippen LogP) is 8.66. The molecule has 0 spiro atoms. The molecule has 0 bridgehead atoms. The van der Waals surface area contributed by atoms with E-state index < -0.39 is 0 Å². The van der Waals surface area contributed by atoms with Gasteiger partial charge in [0.25, 0.3) is 0 Å². The summed E-state index contributed by atoms with van der Waals surface area (Å²) >= 11 is 0. The van der Waals surface area contributed by atoms with Crippen LogP contribution in [0.2, 0.25) is 0 Å². The molecule has 4 rings (SSSR count). The first-order valence-corrected chi connectivity index (χ1v) is 12.9. The molecule has 0 aromatic heterocycles. The predicted molar refractivity (Wildman–Crippen MR) is 122 cm³/mol. The Kier molecular flexibility index (Phi) is 5.83. The number of rotatable bonds is 5. The van der Waals surface area contributed by atoms with Gasteiger partial charge in [0.05, 0.1) is 0 Å². The highest BCUT2D eigenvalue weighted by Gasteiger charge is 2.58. The van der Waals surface area contributed by atoms with Crippen LogP contribution in [0.4, 0.5) is 0 Å². The van der Waals surface area contributed by atoms with Crippen molar-refractivity contribution in [2.75, 3.05) is 0 Å². The minimum Gasteiger partial charge on any atom is -0.0845 e. The number of hydrogen-bond donors (Lipinski definition) is 0. The molecule has 160 valence electrons. The van der Waals surface area contributed by atoms with Crippen LogP contribution in [0.5, 0.6) is 0 Å². The standard InChI is InChI=1S/C28H48/c1-19(2)8-7-9-21(4)24-12-13-25-23-11-10-22-18-20(3)14-16-27(22,5)26(23)15-17-28(24,25)6/h10,19-21,23-26H,7-9,11-18H2,1-6H3/t20?,21-,23+,24?,25?,26?,27+,28-/m1/s1. The lowest BCUT2D eigenvalue weighted by molar-refractivity contribution is -0.0523. The first-order chi connectivity index (χ1) is 13.3. The summed E-state index contributed by atoms with van der Waals surface area (Å²) in [5, 5.41) is 0. The molecule has 0 nitrogen and oxygen atoms in total. The van der Waals surface area contributed by atoms with Gasteiger partial charge in [0.2, 0.25) is 0 Å². The minimum absolute atomic E-state index is 0.553. The van der Waals surface area contributed by atoms with Crippen molar-refractivity contribution in [2.45, 2.75) is 112 Å². The maximum Gasteiger partial charge on any atom is -0.00851 e. The molecule has 0 aromatic carbocycles. The van der Waals surface area contributed by atoms with E-state index >= 15 is 0 Å². The van der Waals surface area contributed by atoms with Crippen molar-refractivity contribution in [1.29, 1.82) is 0 Å². The van der Waals surface area contributed by atoms with Crippen LogP contribution >= 0.6 is 0 Å². The van der Waals surface area contributed by atoms with Crippen molar-refractivity contribution in [3.8, 4) is 0 Å². The molecule has 4 aliphatic carbocycles. The van der Waals surface area contributed by atoms with E-state index in [0.717, 1.165) is 41.4 Å². The zero-order valence-corrected chi connectivity index (χ0v) is 19.9. The third kappa shape index (κ3) is 3.43. The van der Waals surface area contributed by atoms with E-state index in [-0.39, 0.29) is 0 Å². The van der Waals surface area contributed by atoms with Gasteiger partial charge in [0.15, 0.2) is 0 Å². The molecule has 8 atom stereocenters. The van der Waals surface area contributed by atoms with Crippen LogP contribution in [-0.2, 0) is 0 Å². The van der Waals surface area contributed by atoms with Crippen molar-refractivity contribution in [2.24, 2.45) is 52.3 Å². The molecule has 4 unspecified atom stereocenters. The Morgan fingerprint density at radius 2 is 1.75 bits per heavy atom. The van der Waals surface area contributed by atoms with Crippen LogP contribution in [0.15, 0.2) is 11.6 Å². The molecular weight excluding hydrogens is 336 g/mol. The average molecular weight is 385 g/mol. The highest BCUT2D eigenvalue weighted by atomic mass is 14.6. The Labute approximate surface area is 176 Å². The molecule has 0 heterocycles. The van der Waals surface area contributed by atoms with E-state index in [1.807, 2.05) is 5.57 Å². The summed E-state index contributed by atoms with van der Waals surface area (Å²) in [6.07, 6.45) is 19.0. The highest BCUT2D eigenvalue weighted by Crippen LogP contribution is 2.67. The zero-order valence-electron chi connectivity index (χ0n) is 19.9. The second kappa shape index (κ2) is 7.77. The molecule has 0 saturated heterocycles. The lowest BCUT2D eigenvalue weighted by atomic mass is 9.46. The molecule has 0 aromatic rings. The van der Waals surface area contributed by atoms with Crippen molar-refractivity contribution < 1.29 is 0 Å². The zero-order chi connectivity index (χ0) is 20.1. The summed E-state index contributed by atoms with van der Waals surface area (Å²) in [5.74, 6) is 6.73. The molecule has 0 aliphatic heterocycles.